The molecule has 0 saturated heterocycles. The lowest BCUT2D eigenvalue weighted by Gasteiger charge is -2.60. The number of Topliss-reactive ketones (excluding diaryl/α,β-unsaturated/α-hetero) is 1. The molecule has 0 radical (unpaired) electrons. The van der Waals surface area contributed by atoms with Crippen LogP contribution >= 0.6 is 0 Å². The summed E-state index contributed by atoms with van der Waals surface area (Å²) in [5.74, 6) is 2.10. The van der Waals surface area contributed by atoms with E-state index in [1.807, 2.05) is 6.92 Å². The average Bonchev–Trinajstić information content (AvgIpc) is 3.16. The first kappa shape index (κ1) is 24.3. The predicted molar refractivity (Wildman–Crippen MR) is 136 cm³/mol. The van der Waals surface area contributed by atoms with Gasteiger partial charge in [0.05, 0.1) is 6.61 Å². The van der Waals surface area contributed by atoms with Gasteiger partial charge in [0.15, 0.2) is 5.79 Å². The van der Waals surface area contributed by atoms with Gasteiger partial charge in [0, 0.05) is 18.8 Å². The second kappa shape index (κ2) is 8.59. The largest absolute Gasteiger partial charge is 0.365 e. The van der Waals surface area contributed by atoms with Gasteiger partial charge in [-0.15, -0.1) is 0 Å². The standard InChI is InChI=1S/C31H44O3/c1-6-23-17-24-18-31(33,34-19-22-9-7-20(2)8-10-22)16-15-29(24,4)27-13-14-30(5)25(21(3)32)11-12-26(30)28(23)27/h7-10,17,23,25-28,33H,6,11-16,18-19H2,1-5H3/t23?,25-,26?,27?,28?,29+,30-,31+/m1/s1. The van der Waals surface area contributed by atoms with E-state index in [9.17, 15) is 9.90 Å². The Kier molecular flexibility index (Phi) is 6.13. The van der Waals surface area contributed by atoms with Crippen molar-refractivity contribution in [2.75, 3.05) is 0 Å². The van der Waals surface area contributed by atoms with E-state index in [0.29, 0.717) is 48.9 Å². The van der Waals surface area contributed by atoms with Crippen molar-refractivity contribution in [3.63, 3.8) is 0 Å². The lowest BCUT2D eigenvalue weighted by Crippen LogP contribution is -2.55. The molecule has 4 aliphatic carbocycles. The Labute approximate surface area is 206 Å². The number of ether oxygens (including phenoxy) is 1. The molecule has 34 heavy (non-hydrogen) atoms. The third-order valence-corrected chi connectivity index (χ3v) is 10.9. The van der Waals surface area contributed by atoms with Crippen LogP contribution in [0.3, 0.4) is 0 Å². The first-order valence-electron chi connectivity index (χ1n) is 13.7. The summed E-state index contributed by atoms with van der Waals surface area (Å²) in [6.07, 6.45) is 10.7. The summed E-state index contributed by atoms with van der Waals surface area (Å²) in [6.45, 7) is 11.6. The fourth-order valence-electron chi connectivity index (χ4n) is 8.86. The average molecular weight is 465 g/mol. The van der Waals surface area contributed by atoms with Crippen molar-refractivity contribution >= 4 is 5.78 Å². The molecular formula is C31H44O3. The Bertz CT molecular complexity index is 963. The van der Waals surface area contributed by atoms with Gasteiger partial charge in [-0.2, -0.15) is 0 Å². The molecule has 1 aromatic rings. The molecule has 0 spiro atoms. The quantitative estimate of drug-likeness (QED) is 0.377. The van der Waals surface area contributed by atoms with Gasteiger partial charge < -0.3 is 9.84 Å². The molecule has 0 bridgehead atoms. The summed E-state index contributed by atoms with van der Waals surface area (Å²) >= 11 is 0. The molecule has 186 valence electrons. The first-order chi connectivity index (χ1) is 16.1. The van der Waals surface area contributed by atoms with Crippen LogP contribution in [-0.2, 0) is 16.1 Å². The van der Waals surface area contributed by atoms with Gasteiger partial charge in [-0.05, 0) is 92.4 Å². The molecule has 0 aliphatic heterocycles. The summed E-state index contributed by atoms with van der Waals surface area (Å²) < 4.78 is 6.20. The van der Waals surface area contributed by atoms with Gasteiger partial charge in [0.25, 0.3) is 0 Å². The predicted octanol–water partition coefficient (Wildman–Crippen LogP) is 7.00. The molecule has 3 heteroatoms. The van der Waals surface area contributed by atoms with Gasteiger partial charge in [-0.25, -0.2) is 0 Å². The van der Waals surface area contributed by atoms with Crippen molar-refractivity contribution in [1.82, 2.24) is 0 Å². The minimum atomic E-state index is -1.07. The van der Waals surface area contributed by atoms with Crippen LogP contribution < -0.4 is 0 Å². The maximum atomic E-state index is 12.5. The molecule has 1 N–H and O–H groups in total. The van der Waals surface area contributed by atoms with Crippen LogP contribution in [0.15, 0.2) is 35.9 Å². The number of hydrogen-bond acceptors (Lipinski definition) is 3. The summed E-state index contributed by atoms with van der Waals surface area (Å²) in [7, 11) is 0. The fourth-order valence-corrected chi connectivity index (χ4v) is 8.86. The number of ketones is 1. The third kappa shape index (κ3) is 3.82. The Morgan fingerprint density at radius 1 is 1.06 bits per heavy atom. The summed E-state index contributed by atoms with van der Waals surface area (Å²) in [4.78, 5) is 12.5. The molecule has 0 heterocycles. The summed E-state index contributed by atoms with van der Waals surface area (Å²) in [6, 6.07) is 8.40. The Balaban J connectivity index is 1.39. The zero-order valence-corrected chi connectivity index (χ0v) is 21.9. The number of carbonyl (C=O) groups excluding carboxylic acids is 1. The van der Waals surface area contributed by atoms with E-state index in [-0.39, 0.29) is 16.7 Å². The van der Waals surface area contributed by atoms with Crippen molar-refractivity contribution in [3.05, 3.63) is 47.0 Å². The normalized spacial score (nSPS) is 43.5. The molecule has 4 aliphatic rings. The number of allylic oxidation sites excluding steroid dienone is 1. The van der Waals surface area contributed by atoms with Gasteiger partial charge in [-0.1, -0.05) is 62.2 Å². The van der Waals surface area contributed by atoms with E-state index in [0.717, 1.165) is 24.8 Å². The highest BCUT2D eigenvalue weighted by atomic mass is 16.6. The number of carbonyl (C=O) groups is 1. The maximum absolute atomic E-state index is 12.5. The number of aryl methyl sites for hydroxylation is 1. The summed E-state index contributed by atoms with van der Waals surface area (Å²) in [5, 5.41) is 11.5. The smallest absolute Gasteiger partial charge is 0.169 e. The fraction of sp³-hybridized carbons (Fsp3) is 0.710. The van der Waals surface area contributed by atoms with Crippen LogP contribution in [0.2, 0.25) is 0 Å². The van der Waals surface area contributed by atoms with Crippen molar-refractivity contribution in [2.24, 2.45) is 40.4 Å². The molecule has 3 saturated carbocycles. The first-order valence-corrected chi connectivity index (χ1v) is 13.7. The lowest BCUT2D eigenvalue weighted by molar-refractivity contribution is -0.232. The highest BCUT2D eigenvalue weighted by Crippen LogP contribution is 2.68. The molecule has 5 rings (SSSR count). The highest BCUT2D eigenvalue weighted by molar-refractivity contribution is 5.79. The molecule has 0 amide bonds. The third-order valence-electron chi connectivity index (χ3n) is 10.9. The van der Waals surface area contributed by atoms with E-state index in [1.54, 1.807) is 0 Å². The van der Waals surface area contributed by atoms with Gasteiger partial charge >= 0.3 is 0 Å². The zero-order valence-electron chi connectivity index (χ0n) is 21.9. The number of aliphatic hydroxyl groups is 1. The molecule has 4 unspecified atom stereocenters. The van der Waals surface area contributed by atoms with Crippen molar-refractivity contribution < 1.29 is 14.6 Å². The van der Waals surface area contributed by atoms with Gasteiger partial charge in [0.1, 0.15) is 5.78 Å². The van der Waals surface area contributed by atoms with E-state index in [4.69, 9.17) is 4.74 Å². The topological polar surface area (TPSA) is 46.5 Å². The minimum absolute atomic E-state index is 0.144. The van der Waals surface area contributed by atoms with E-state index < -0.39 is 5.79 Å². The Morgan fingerprint density at radius 2 is 1.79 bits per heavy atom. The summed E-state index contributed by atoms with van der Waals surface area (Å²) in [5.41, 5.74) is 4.11. The van der Waals surface area contributed by atoms with Crippen LogP contribution in [0.1, 0.15) is 90.2 Å². The number of hydrogen-bond donors (Lipinski definition) is 1. The molecule has 3 nitrogen and oxygen atoms in total. The van der Waals surface area contributed by atoms with Crippen LogP contribution in [0.4, 0.5) is 0 Å². The van der Waals surface area contributed by atoms with Crippen LogP contribution in [0, 0.1) is 47.3 Å². The molecule has 0 aromatic heterocycles. The van der Waals surface area contributed by atoms with Crippen molar-refractivity contribution in [3.8, 4) is 0 Å². The van der Waals surface area contributed by atoms with Crippen molar-refractivity contribution in [2.45, 2.75) is 98.4 Å². The van der Waals surface area contributed by atoms with Gasteiger partial charge in [-0.3, -0.25) is 4.79 Å². The molecule has 8 atom stereocenters. The van der Waals surface area contributed by atoms with Crippen LogP contribution in [0.25, 0.3) is 0 Å². The minimum Gasteiger partial charge on any atom is -0.365 e. The SMILES string of the molecule is CCC1C=C2C[C@@](O)(OCc3ccc(C)cc3)CC[C@]2(C)C2CC[C@@]3(C)C(CC[C@@H]3C(C)=O)C12. The Hall–Kier alpha value is -1.45. The monoisotopic (exact) mass is 464 g/mol. The maximum Gasteiger partial charge on any atom is 0.169 e. The van der Waals surface area contributed by atoms with E-state index >= 15 is 0 Å². The molecule has 1 aromatic carbocycles. The lowest BCUT2D eigenvalue weighted by atomic mass is 9.45. The van der Waals surface area contributed by atoms with Crippen LogP contribution in [0.5, 0.6) is 0 Å². The second-order valence-electron chi connectivity index (χ2n) is 12.7. The van der Waals surface area contributed by atoms with E-state index in [1.165, 1.54) is 30.4 Å². The van der Waals surface area contributed by atoms with Gasteiger partial charge in [0.2, 0.25) is 0 Å². The van der Waals surface area contributed by atoms with Crippen LogP contribution in [-0.4, -0.2) is 16.7 Å². The number of rotatable bonds is 5. The second-order valence-corrected chi connectivity index (χ2v) is 12.7. The number of benzene rings is 1. The highest BCUT2D eigenvalue weighted by Gasteiger charge is 2.61. The Morgan fingerprint density at radius 3 is 2.47 bits per heavy atom. The molecule has 3 fully saturated rings. The van der Waals surface area contributed by atoms with Crippen molar-refractivity contribution in [1.29, 1.82) is 0 Å². The number of fused-ring (bicyclic) bond motifs is 5. The molecular weight excluding hydrogens is 420 g/mol. The zero-order chi connectivity index (χ0) is 24.3. The van der Waals surface area contributed by atoms with E-state index in [2.05, 4.69) is 58.0 Å².